The largest absolute Gasteiger partial charge is 0.317 e. The Balaban J connectivity index is 2.43. The van der Waals surface area contributed by atoms with Crippen LogP contribution in [-0.4, -0.2) is 13.1 Å². The van der Waals surface area contributed by atoms with Crippen LogP contribution in [0.3, 0.4) is 0 Å². The van der Waals surface area contributed by atoms with Gasteiger partial charge in [0.15, 0.2) is 0 Å². The van der Waals surface area contributed by atoms with Crippen LogP contribution in [0.5, 0.6) is 0 Å². The summed E-state index contributed by atoms with van der Waals surface area (Å²) < 4.78 is 0. The van der Waals surface area contributed by atoms with Crippen molar-refractivity contribution in [1.82, 2.24) is 5.32 Å². The van der Waals surface area contributed by atoms with E-state index >= 15 is 0 Å². The molecule has 82 valence electrons. The molecular weight excluding hydrogens is 182 g/mol. The molecule has 0 bridgehead atoms. The molecule has 2 rings (SSSR count). The molecule has 1 aromatic rings. The number of hydrogen-bond donors (Lipinski definition) is 1. The molecule has 0 heterocycles. The van der Waals surface area contributed by atoms with Crippen LogP contribution >= 0.6 is 0 Å². The summed E-state index contributed by atoms with van der Waals surface area (Å²) in [6, 6.07) is 9.57. The monoisotopic (exact) mass is 203 g/mol. The van der Waals surface area contributed by atoms with Gasteiger partial charge in [0.25, 0.3) is 0 Å². The Kier molecular flexibility index (Phi) is 2.83. The molecule has 0 saturated carbocycles. The fourth-order valence-corrected chi connectivity index (χ4v) is 2.82. The molecule has 1 aromatic carbocycles. The minimum atomic E-state index is 0.364. The maximum absolute atomic E-state index is 3.43. The number of rotatable bonds is 2. The summed E-state index contributed by atoms with van der Waals surface area (Å²) in [5.74, 6) is 0. The van der Waals surface area contributed by atoms with Crippen LogP contribution < -0.4 is 5.32 Å². The first-order valence-electron chi connectivity index (χ1n) is 5.95. The second kappa shape index (κ2) is 3.97. The van der Waals surface area contributed by atoms with Gasteiger partial charge in [-0.25, -0.2) is 0 Å². The van der Waals surface area contributed by atoms with E-state index in [1.807, 2.05) is 0 Å². The van der Waals surface area contributed by atoms with Crippen molar-refractivity contribution in [1.29, 1.82) is 0 Å². The predicted octanol–water partition coefficient (Wildman–Crippen LogP) is 2.89. The summed E-state index contributed by atoms with van der Waals surface area (Å²) in [7, 11) is 2.08. The van der Waals surface area contributed by atoms with Crippen molar-refractivity contribution in [3.8, 4) is 0 Å². The Morgan fingerprint density at radius 3 is 2.80 bits per heavy atom. The van der Waals surface area contributed by atoms with E-state index in [4.69, 9.17) is 0 Å². The van der Waals surface area contributed by atoms with E-state index in [1.54, 1.807) is 5.56 Å². The molecule has 1 N–H and O–H groups in total. The smallest absolute Gasteiger partial charge is 0.0113 e. The lowest BCUT2D eigenvalue weighted by molar-refractivity contribution is 0.324. The van der Waals surface area contributed by atoms with E-state index in [2.05, 4.69) is 50.5 Å². The lowest BCUT2D eigenvalue weighted by atomic mass is 9.68. The Hall–Kier alpha value is -0.820. The molecule has 2 atom stereocenters. The summed E-state index contributed by atoms with van der Waals surface area (Å²) in [5.41, 5.74) is 3.47. The molecule has 0 radical (unpaired) electrons. The minimum Gasteiger partial charge on any atom is -0.317 e. The Labute approximate surface area is 92.9 Å². The van der Waals surface area contributed by atoms with Crippen LogP contribution in [-0.2, 0) is 11.8 Å². The van der Waals surface area contributed by atoms with Gasteiger partial charge in [-0.2, -0.15) is 0 Å². The lowest BCUT2D eigenvalue weighted by Gasteiger charge is -2.39. The highest BCUT2D eigenvalue weighted by molar-refractivity contribution is 5.37. The standard InChI is InChI=1S/C14H21N/c1-4-14(2)10-12(15-3)9-11-7-5-6-8-13(11)14/h5-8,12,15H,4,9-10H2,1-3H3. The van der Waals surface area contributed by atoms with Crippen LogP contribution in [0.25, 0.3) is 0 Å². The number of hydrogen-bond acceptors (Lipinski definition) is 1. The van der Waals surface area contributed by atoms with E-state index in [-0.39, 0.29) is 0 Å². The van der Waals surface area contributed by atoms with E-state index in [0.717, 1.165) is 0 Å². The van der Waals surface area contributed by atoms with Gasteiger partial charge in [-0.1, -0.05) is 38.1 Å². The lowest BCUT2D eigenvalue weighted by Crippen LogP contribution is -2.41. The van der Waals surface area contributed by atoms with Gasteiger partial charge in [0, 0.05) is 6.04 Å². The topological polar surface area (TPSA) is 12.0 Å². The minimum absolute atomic E-state index is 0.364. The van der Waals surface area contributed by atoms with Crippen molar-refractivity contribution >= 4 is 0 Å². The van der Waals surface area contributed by atoms with E-state index < -0.39 is 0 Å². The van der Waals surface area contributed by atoms with Crippen molar-refractivity contribution in [3.63, 3.8) is 0 Å². The van der Waals surface area contributed by atoms with Crippen LogP contribution in [0.4, 0.5) is 0 Å². The first kappa shape index (κ1) is 10.7. The molecule has 15 heavy (non-hydrogen) atoms. The average molecular weight is 203 g/mol. The SMILES string of the molecule is CCC1(C)CC(NC)Cc2ccccc21. The number of fused-ring (bicyclic) bond motifs is 1. The van der Waals surface area contributed by atoms with E-state index in [1.165, 1.54) is 24.8 Å². The highest BCUT2D eigenvalue weighted by Gasteiger charge is 2.34. The zero-order chi connectivity index (χ0) is 10.9. The quantitative estimate of drug-likeness (QED) is 0.779. The summed E-state index contributed by atoms with van der Waals surface area (Å²) >= 11 is 0. The van der Waals surface area contributed by atoms with Crippen molar-refractivity contribution < 1.29 is 0 Å². The Bertz CT molecular complexity index is 345. The molecule has 0 fully saturated rings. The second-order valence-corrected chi connectivity index (χ2v) is 4.97. The van der Waals surface area contributed by atoms with Crippen molar-refractivity contribution in [2.45, 2.75) is 44.6 Å². The normalized spacial score (nSPS) is 29.9. The van der Waals surface area contributed by atoms with Crippen molar-refractivity contribution in [2.24, 2.45) is 0 Å². The number of nitrogens with one attached hydrogen (secondary N) is 1. The number of benzene rings is 1. The molecule has 0 spiro atoms. The maximum atomic E-state index is 3.43. The maximum Gasteiger partial charge on any atom is 0.0113 e. The van der Waals surface area contributed by atoms with Gasteiger partial charge in [-0.05, 0) is 42.9 Å². The van der Waals surface area contributed by atoms with Gasteiger partial charge in [0.1, 0.15) is 0 Å². The highest BCUT2D eigenvalue weighted by atomic mass is 14.9. The van der Waals surface area contributed by atoms with Gasteiger partial charge in [0.05, 0.1) is 0 Å². The van der Waals surface area contributed by atoms with Gasteiger partial charge >= 0.3 is 0 Å². The van der Waals surface area contributed by atoms with Crippen LogP contribution in [0.15, 0.2) is 24.3 Å². The summed E-state index contributed by atoms with van der Waals surface area (Å²) in [6.07, 6.45) is 3.67. The van der Waals surface area contributed by atoms with Gasteiger partial charge in [-0.3, -0.25) is 0 Å². The molecule has 0 saturated heterocycles. The fourth-order valence-electron chi connectivity index (χ4n) is 2.82. The summed E-state index contributed by atoms with van der Waals surface area (Å²) in [4.78, 5) is 0. The van der Waals surface area contributed by atoms with E-state index in [9.17, 15) is 0 Å². The Morgan fingerprint density at radius 1 is 1.40 bits per heavy atom. The van der Waals surface area contributed by atoms with Crippen molar-refractivity contribution in [2.75, 3.05) is 7.05 Å². The molecule has 1 aliphatic rings. The molecule has 1 heteroatoms. The van der Waals surface area contributed by atoms with Gasteiger partial charge < -0.3 is 5.32 Å². The summed E-state index contributed by atoms with van der Waals surface area (Å²) in [6.45, 7) is 4.70. The molecule has 0 amide bonds. The molecule has 2 unspecified atom stereocenters. The zero-order valence-corrected chi connectivity index (χ0v) is 10.0. The fraction of sp³-hybridized carbons (Fsp3) is 0.571. The second-order valence-electron chi connectivity index (χ2n) is 4.97. The predicted molar refractivity (Wildman–Crippen MR) is 65.3 cm³/mol. The van der Waals surface area contributed by atoms with Crippen LogP contribution in [0.1, 0.15) is 37.8 Å². The molecular formula is C14H21N. The first-order valence-corrected chi connectivity index (χ1v) is 5.95. The van der Waals surface area contributed by atoms with Crippen LogP contribution in [0, 0.1) is 0 Å². The Morgan fingerprint density at radius 2 is 2.13 bits per heavy atom. The third-order valence-electron chi connectivity index (χ3n) is 4.02. The third kappa shape index (κ3) is 1.81. The molecule has 0 aliphatic heterocycles. The van der Waals surface area contributed by atoms with E-state index in [0.29, 0.717) is 11.5 Å². The average Bonchev–Trinajstić information content (AvgIpc) is 2.29. The zero-order valence-electron chi connectivity index (χ0n) is 10.0. The van der Waals surface area contributed by atoms with Crippen LogP contribution in [0.2, 0.25) is 0 Å². The highest BCUT2D eigenvalue weighted by Crippen LogP contribution is 2.39. The third-order valence-corrected chi connectivity index (χ3v) is 4.02. The van der Waals surface area contributed by atoms with Gasteiger partial charge in [0.2, 0.25) is 0 Å². The molecule has 0 aromatic heterocycles. The van der Waals surface area contributed by atoms with Gasteiger partial charge in [-0.15, -0.1) is 0 Å². The number of likely N-dealkylation sites (N-methyl/N-ethyl adjacent to an activating group) is 1. The molecule has 1 nitrogen and oxygen atoms in total. The summed E-state index contributed by atoms with van der Waals surface area (Å²) in [5, 5.41) is 3.43. The van der Waals surface area contributed by atoms with Crippen molar-refractivity contribution in [3.05, 3.63) is 35.4 Å². The first-order chi connectivity index (χ1) is 7.19. The molecule has 1 aliphatic carbocycles.